The van der Waals surface area contributed by atoms with Crippen LogP contribution in [0.3, 0.4) is 0 Å². The molecule has 4 heteroatoms. The summed E-state index contributed by atoms with van der Waals surface area (Å²) in [5.74, 6) is -3.04. The second kappa shape index (κ2) is 5.31. The number of hydrogen-bond donors (Lipinski definition) is 1. The van der Waals surface area contributed by atoms with E-state index in [0.717, 1.165) is 25.3 Å². The van der Waals surface area contributed by atoms with Crippen LogP contribution in [0.5, 0.6) is 0 Å². The van der Waals surface area contributed by atoms with Crippen molar-refractivity contribution in [1.29, 1.82) is 0 Å². The van der Waals surface area contributed by atoms with Crippen molar-refractivity contribution in [3.63, 3.8) is 0 Å². The third kappa shape index (κ3) is 2.39. The van der Waals surface area contributed by atoms with Gasteiger partial charge in [-0.05, 0) is 48.8 Å². The van der Waals surface area contributed by atoms with Crippen molar-refractivity contribution in [2.45, 2.75) is 32.1 Å². The molecule has 2 rings (SSSR count). The van der Waals surface area contributed by atoms with Crippen molar-refractivity contribution in [2.75, 3.05) is 6.54 Å². The zero-order valence-corrected chi connectivity index (χ0v) is 10.4. The van der Waals surface area contributed by atoms with Gasteiger partial charge in [0.1, 0.15) is 0 Å². The van der Waals surface area contributed by atoms with Crippen LogP contribution in [0.2, 0.25) is 0 Å². The summed E-state index contributed by atoms with van der Waals surface area (Å²) in [7, 11) is 0. The largest absolute Gasteiger partial charge is 0.330 e. The summed E-state index contributed by atoms with van der Waals surface area (Å²) in [5, 5.41) is 0. The minimum Gasteiger partial charge on any atom is -0.330 e. The molecule has 2 N–H and O–H groups in total. The topological polar surface area (TPSA) is 26.0 Å². The Morgan fingerprint density at radius 3 is 2.56 bits per heavy atom. The maximum absolute atomic E-state index is 13.8. The molecular formula is C14H18F3N. The van der Waals surface area contributed by atoms with E-state index in [-0.39, 0.29) is 17.4 Å². The van der Waals surface area contributed by atoms with E-state index < -0.39 is 17.5 Å². The standard InChI is InChI=1S/C14H18F3N/c1-8-2-3-9(7-18)11(6-8)10-4-5-12(15)14(17)13(10)16/h4-5,8-9,11H,2-3,6-7,18H2,1H3. The lowest BCUT2D eigenvalue weighted by Gasteiger charge is -2.34. The Morgan fingerprint density at radius 1 is 1.17 bits per heavy atom. The van der Waals surface area contributed by atoms with E-state index in [4.69, 9.17) is 5.73 Å². The van der Waals surface area contributed by atoms with Crippen LogP contribution in [0.4, 0.5) is 13.2 Å². The molecule has 1 nitrogen and oxygen atoms in total. The second-order valence-electron chi connectivity index (χ2n) is 5.29. The molecule has 1 aliphatic rings. The van der Waals surface area contributed by atoms with E-state index in [9.17, 15) is 13.2 Å². The van der Waals surface area contributed by atoms with Crippen LogP contribution < -0.4 is 5.73 Å². The molecule has 1 aromatic carbocycles. The van der Waals surface area contributed by atoms with Gasteiger partial charge in [-0.25, -0.2) is 13.2 Å². The Kier molecular flexibility index (Phi) is 3.95. The number of benzene rings is 1. The van der Waals surface area contributed by atoms with Crippen LogP contribution in [-0.2, 0) is 0 Å². The van der Waals surface area contributed by atoms with Crippen LogP contribution in [0, 0.1) is 29.3 Å². The summed E-state index contributed by atoms with van der Waals surface area (Å²) in [6, 6.07) is 2.36. The van der Waals surface area contributed by atoms with Crippen molar-refractivity contribution in [3.8, 4) is 0 Å². The average Bonchev–Trinajstić information content (AvgIpc) is 2.36. The summed E-state index contributed by atoms with van der Waals surface area (Å²) in [6.45, 7) is 2.55. The maximum atomic E-state index is 13.8. The molecule has 100 valence electrons. The first-order valence-electron chi connectivity index (χ1n) is 6.38. The van der Waals surface area contributed by atoms with Crippen LogP contribution in [0.1, 0.15) is 37.7 Å². The molecular weight excluding hydrogens is 239 g/mol. The van der Waals surface area contributed by atoms with Gasteiger partial charge >= 0.3 is 0 Å². The Hall–Kier alpha value is -1.03. The van der Waals surface area contributed by atoms with Crippen LogP contribution in [-0.4, -0.2) is 6.54 Å². The Labute approximate surface area is 105 Å². The van der Waals surface area contributed by atoms with Crippen LogP contribution >= 0.6 is 0 Å². The molecule has 0 aromatic heterocycles. The average molecular weight is 257 g/mol. The van der Waals surface area contributed by atoms with Gasteiger partial charge in [-0.3, -0.25) is 0 Å². The minimum atomic E-state index is -1.37. The first kappa shape index (κ1) is 13.4. The van der Waals surface area contributed by atoms with Crippen molar-refractivity contribution in [3.05, 3.63) is 35.1 Å². The molecule has 3 unspecified atom stereocenters. The van der Waals surface area contributed by atoms with Gasteiger partial charge in [0.2, 0.25) is 0 Å². The first-order valence-corrected chi connectivity index (χ1v) is 6.38. The molecule has 0 saturated heterocycles. The molecule has 0 amide bonds. The number of halogens is 3. The SMILES string of the molecule is CC1CCC(CN)C(c2ccc(F)c(F)c2F)C1. The zero-order valence-electron chi connectivity index (χ0n) is 10.4. The predicted molar refractivity (Wildman–Crippen MR) is 64.6 cm³/mol. The fourth-order valence-corrected chi connectivity index (χ4v) is 2.93. The summed E-state index contributed by atoms with van der Waals surface area (Å²) in [5.41, 5.74) is 5.98. The lowest BCUT2D eigenvalue weighted by atomic mass is 9.71. The third-order valence-corrected chi connectivity index (χ3v) is 4.02. The van der Waals surface area contributed by atoms with Gasteiger partial charge < -0.3 is 5.73 Å². The Morgan fingerprint density at radius 2 is 1.89 bits per heavy atom. The van der Waals surface area contributed by atoms with E-state index in [2.05, 4.69) is 6.92 Å². The quantitative estimate of drug-likeness (QED) is 0.805. The molecule has 0 aliphatic heterocycles. The lowest BCUT2D eigenvalue weighted by Crippen LogP contribution is -2.29. The highest BCUT2D eigenvalue weighted by Gasteiger charge is 2.31. The van der Waals surface area contributed by atoms with Gasteiger partial charge in [0.05, 0.1) is 0 Å². The monoisotopic (exact) mass is 257 g/mol. The molecule has 1 aliphatic carbocycles. The van der Waals surface area contributed by atoms with Crippen molar-refractivity contribution in [1.82, 2.24) is 0 Å². The Balaban J connectivity index is 2.36. The molecule has 1 fully saturated rings. The zero-order chi connectivity index (χ0) is 13.3. The summed E-state index contributed by atoms with van der Waals surface area (Å²) in [4.78, 5) is 0. The van der Waals surface area contributed by atoms with E-state index >= 15 is 0 Å². The van der Waals surface area contributed by atoms with Crippen LogP contribution in [0.25, 0.3) is 0 Å². The van der Waals surface area contributed by atoms with Crippen LogP contribution in [0.15, 0.2) is 12.1 Å². The van der Waals surface area contributed by atoms with Crippen molar-refractivity contribution in [2.24, 2.45) is 17.6 Å². The molecule has 1 aromatic rings. The van der Waals surface area contributed by atoms with Gasteiger partial charge in [-0.15, -0.1) is 0 Å². The predicted octanol–water partition coefficient (Wildman–Crippen LogP) is 3.58. The molecule has 0 spiro atoms. The highest BCUT2D eigenvalue weighted by molar-refractivity contribution is 5.25. The molecule has 3 atom stereocenters. The maximum Gasteiger partial charge on any atom is 0.194 e. The van der Waals surface area contributed by atoms with Gasteiger partial charge in [0.15, 0.2) is 17.5 Å². The molecule has 0 bridgehead atoms. The highest BCUT2D eigenvalue weighted by atomic mass is 19.2. The number of nitrogens with two attached hydrogens (primary N) is 1. The van der Waals surface area contributed by atoms with Gasteiger partial charge in [-0.2, -0.15) is 0 Å². The smallest absolute Gasteiger partial charge is 0.194 e. The number of hydrogen-bond acceptors (Lipinski definition) is 1. The van der Waals surface area contributed by atoms with E-state index in [1.54, 1.807) is 0 Å². The summed E-state index contributed by atoms with van der Waals surface area (Å²) >= 11 is 0. The summed E-state index contributed by atoms with van der Waals surface area (Å²) < 4.78 is 40.1. The van der Waals surface area contributed by atoms with Gasteiger partial charge in [0.25, 0.3) is 0 Å². The van der Waals surface area contributed by atoms with Gasteiger partial charge in [-0.1, -0.05) is 19.4 Å². The molecule has 0 radical (unpaired) electrons. The minimum absolute atomic E-state index is 0.103. The van der Waals surface area contributed by atoms with E-state index in [1.165, 1.54) is 6.07 Å². The first-order chi connectivity index (χ1) is 8.54. The molecule has 18 heavy (non-hydrogen) atoms. The lowest BCUT2D eigenvalue weighted by molar-refractivity contribution is 0.247. The fourth-order valence-electron chi connectivity index (χ4n) is 2.93. The third-order valence-electron chi connectivity index (χ3n) is 4.02. The Bertz CT molecular complexity index is 433. The fraction of sp³-hybridized carbons (Fsp3) is 0.571. The van der Waals surface area contributed by atoms with E-state index in [0.29, 0.717) is 12.5 Å². The van der Waals surface area contributed by atoms with Crippen molar-refractivity contribution < 1.29 is 13.2 Å². The normalized spacial score (nSPS) is 28.4. The highest BCUT2D eigenvalue weighted by Crippen LogP contribution is 2.41. The molecule has 0 heterocycles. The van der Waals surface area contributed by atoms with Gasteiger partial charge in [0, 0.05) is 0 Å². The summed E-state index contributed by atoms with van der Waals surface area (Å²) in [6.07, 6.45) is 2.76. The van der Waals surface area contributed by atoms with Crippen molar-refractivity contribution >= 4 is 0 Å². The second-order valence-corrected chi connectivity index (χ2v) is 5.29. The molecule has 1 saturated carbocycles. The van der Waals surface area contributed by atoms with E-state index in [1.807, 2.05) is 0 Å². The number of rotatable bonds is 2.